The van der Waals surface area contributed by atoms with Crippen molar-refractivity contribution in [1.29, 1.82) is 0 Å². The van der Waals surface area contributed by atoms with E-state index in [1.165, 1.54) is 30.4 Å². The number of carbonyl (C=O) groups is 1. The molecule has 0 amide bonds. The molecule has 1 aliphatic rings. The van der Waals surface area contributed by atoms with Crippen LogP contribution >= 0.6 is 0 Å². The smallest absolute Gasteiger partial charge is 0.381 e. The van der Waals surface area contributed by atoms with Gasteiger partial charge in [0.1, 0.15) is 5.75 Å². The van der Waals surface area contributed by atoms with E-state index in [9.17, 15) is 4.79 Å². The van der Waals surface area contributed by atoms with Gasteiger partial charge in [0.15, 0.2) is 0 Å². The number of esters is 1. The first-order valence-corrected chi connectivity index (χ1v) is 11.4. The van der Waals surface area contributed by atoms with Crippen molar-refractivity contribution in [2.24, 2.45) is 5.41 Å². The molecule has 2 aromatic carbocycles. The minimum absolute atomic E-state index is 0.0400. The summed E-state index contributed by atoms with van der Waals surface area (Å²) in [6, 6.07) is 13.5. The molecule has 0 aliphatic heterocycles. The Hall–Kier alpha value is -3.53. The van der Waals surface area contributed by atoms with E-state index in [-0.39, 0.29) is 11.2 Å². The molecule has 0 N–H and O–H groups in total. The summed E-state index contributed by atoms with van der Waals surface area (Å²) in [5, 5.41) is 2.10. The van der Waals surface area contributed by atoms with E-state index in [0.29, 0.717) is 5.75 Å². The molecule has 1 heterocycles. The summed E-state index contributed by atoms with van der Waals surface area (Å²) in [6.07, 6.45) is 13.4. The third-order valence-corrected chi connectivity index (χ3v) is 6.24. The Morgan fingerprint density at radius 3 is 2.52 bits per heavy atom. The minimum Gasteiger partial charge on any atom is -0.421 e. The molecule has 1 aliphatic carbocycles. The second-order valence-electron chi connectivity index (χ2n) is 9.39. The van der Waals surface area contributed by atoms with Crippen LogP contribution in [0.25, 0.3) is 16.8 Å². The summed E-state index contributed by atoms with van der Waals surface area (Å²) >= 11 is 0. The van der Waals surface area contributed by atoms with Crippen LogP contribution in [0.15, 0.2) is 83.7 Å². The standard InChI is InChI=1S/C29H30N2O2/c1-20(11-14-26-21(2)8-7-15-29(26,3)4)16-22-18-30-27(31-19-22)28(32)33-25-13-12-23-9-5-6-10-24(23)17-25/h5-6,9-14,16-19H,7-8,15H2,1-4H3. The fourth-order valence-corrected chi connectivity index (χ4v) is 4.44. The maximum atomic E-state index is 12.5. The summed E-state index contributed by atoms with van der Waals surface area (Å²) in [5.41, 5.74) is 5.08. The molecule has 168 valence electrons. The van der Waals surface area contributed by atoms with Crippen molar-refractivity contribution in [3.8, 4) is 5.75 Å². The lowest BCUT2D eigenvalue weighted by molar-refractivity contribution is 0.0722. The first kappa shape index (κ1) is 22.7. The molecule has 1 aromatic heterocycles. The SMILES string of the molecule is CC(C=CC1=C(C)CCCC1(C)C)=Cc1cnc(C(=O)Oc2ccc3ccccc3c2)nc1. The molecule has 4 nitrogen and oxygen atoms in total. The predicted octanol–water partition coefficient (Wildman–Crippen LogP) is 7.34. The normalized spacial score (nSPS) is 16.4. The van der Waals surface area contributed by atoms with Crippen molar-refractivity contribution >= 4 is 22.8 Å². The molecule has 0 radical (unpaired) electrons. The topological polar surface area (TPSA) is 52.1 Å². The monoisotopic (exact) mass is 438 g/mol. The molecule has 3 aromatic rings. The van der Waals surface area contributed by atoms with E-state index in [1.54, 1.807) is 18.5 Å². The number of allylic oxidation sites excluding steroid dienone is 5. The van der Waals surface area contributed by atoms with Crippen LogP contribution in [0.2, 0.25) is 0 Å². The van der Waals surface area contributed by atoms with Crippen LogP contribution in [0.5, 0.6) is 5.75 Å². The Balaban J connectivity index is 1.43. The molecule has 0 fully saturated rings. The van der Waals surface area contributed by atoms with E-state index < -0.39 is 5.97 Å². The lowest BCUT2D eigenvalue weighted by Gasteiger charge is -2.32. The van der Waals surface area contributed by atoms with Crippen LogP contribution in [0.1, 0.15) is 63.1 Å². The van der Waals surface area contributed by atoms with Crippen LogP contribution in [0.4, 0.5) is 0 Å². The molecular formula is C29H30N2O2. The van der Waals surface area contributed by atoms with Gasteiger partial charge in [-0.3, -0.25) is 0 Å². The van der Waals surface area contributed by atoms with Crippen LogP contribution in [-0.2, 0) is 0 Å². The molecule has 0 unspecified atom stereocenters. The van der Waals surface area contributed by atoms with Crippen molar-refractivity contribution in [1.82, 2.24) is 9.97 Å². The van der Waals surface area contributed by atoms with Gasteiger partial charge in [-0.1, -0.05) is 67.5 Å². The molecule has 4 rings (SSSR count). The lowest BCUT2D eigenvalue weighted by atomic mass is 9.72. The predicted molar refractivity (Wildman–Crippen MR) is 134 cm³/mol. The third-order valence-electron chi connectivity index (χ3n) is 6.24. The number of nitrogens with zero attached hydrogens (tertiary/aromatic N) is 2. The van der Waals surface area contributed by atoms with Gasteiger partial charge in [0.25, 0.3) is 0 Å². The minimum atomic E-state index is -0.570. The molecular weight excluding hydrogens is 408 g/mol. The average molecular weight is 439 g/mol. The second kappa shape index (κ2) is 9.53. The van der Waals surface area contributed by atoms with Gasteiger partial charge in [0.2, 0.25) is 5.82 Å². The van der Waals surface area contributed by atoms with E-state index in [4.69, 9.17) is 4.74 Å². The van der Waals surface area contributed by atoms with Gasteiger partial charge < -0.3 is 4.74 Å². The highest BCUT2D eigenvalue weighted by molar-refractivity contribution is 5.89. The summed E-state index contributed by atoms with van der Waals surface area (Å²) in [7, 11) is 0. The Morgan fingerprint density at radius 2 is 1.79 bits per heavy atom. The third kappa shape index (κ3) is 5.46. The van der Waals surface area contributed by atoms with Crippen molar-refractivity contribution in [3.63, 3.8) is 0 Å². The number of rotatable bonds is 5. The number of hydrogen-bond donors (Lipinski definition) is 0. The fourth-order valence-electron chi connectivity index (χ4n) is 4.44. The van der Waals surface area contributed by atoms with E-state index in [0.717, 1.165) is 21.9 Å². The summed E-state index contributed by atoms with van der Waals surface area (Å²) in [5.74, 6) is -0.0555. The van der Waals surface area contributed by atoms with Gasteiger partial charge in [-0.2, -0.15) is 0 Å². The Kier molecular flexibility index (Phi) is 6.55. The maximum Gasteiger partial charge on any atom is 0.381 e. The van der Waals surface area contributed by atoms with Gasteiger partial charge in [0.05, 0.1) is 0 Å². The van der Waals surface area contributed by atoms with Gasteiger partial charge in [-0.05, 0) is 73.1 Å². The molecule has 0 saturated carbocycles. The maximum absolute atomic E-state index is 12.5. The average Bonchev–Trinajstić information content (AvgIpc) is 2.78. The molecule has 0 spiro atoms. The second-order valence-corrected chi connectivity index (χ2v) is 9.39. The molecule has 0 atom stereocenters. The number of benzene rings is 2. The Labute approximate surface area is 195 Å². The first-order valence-electron chi connectivity index (χ1n) is 11.4. The number of ether oxygens (including phenoxy) is 1. The zero-order valence-corrected chi connectivity index (χ0v) is 19.8. The van der Waals surface area contributed by atoms with Crippen molar-refractivity contribution in [2.75, 3.05) is 0 Å². The highest BCUT2D eigenvalue weighted by atomic mass is 16.5. The fraction of sp³-hybridized carbons (Fsp3) is 0.276. The highest BCUT2D eigenvalue weighted by Gasteiger charge is 2.26. The van der Waals surface area contributed by atoms with Crippen LogP contribution in [0.3, 0.4) is 0 Å². The van der Waals surface area contributed by atoms with Crippen molar-refractivity contribution < 1.29 is 9.53 Å². The lowest BCUT2D eigenvalue weighted by Crippen LogP contribution is -2.19. The van der Waals surface area contributed by atoms with E-state index in [2.05, 4.69) is 49.8 Å². The largest absolute Gasteiger partial charge is 0.421 e. The number of aromatic nitrogens is 2. The van der Waals surface area contributed by atoms with E-state index in [1.807, 2.05) is 42.5 Å². The zero-order valence-electron chi connectivity index (χ0n) is 19.8. The van der Waals surface area contributed by atoms with Gasteiger partial charge >= 0.3 is 5.97 Å². The number of carbonyl (C=O) groups excluding carboxylic acids is 1. The Morgan fingerprint density at radius 1 is 1.06 bits per heavy atom. The van der Waals surface area contributed by atoms with Gasteiger partial charge in [-0.25, -0.2) is 14.8 Å². The van der Waals surface area contributed by atoms with Crippen LogP contribution < -0.4 is 4.74 Å². The van der Waals surface area contributed by atoms with E-state index >= 15 is 0 Å². The number of fused-ring (bicyclic) bond motifs is 1. The molecule has 33 heavy (non-hydrogen) atoms. The van der Waals surface area contributed by atoms with Crippen molar-refractivity contribution in [2.45, 2.75) is 47.0 Å². The Bertz CT molecular complexity index is 1260. The van der Waals surface area contributed by atoms with Crippen LogP contribution in [0, 0.1) is 5.41 Å². The molecule has 4 heteroatoms. The van der Waals surface area contributed by atoms with Crippen molar-refractivity contribution in [3.05, 3.63) is 95.1 Å². The quantitative estimate of drug-likeness (QED) is 0.238. The molecule has 0 saturated heterocycles. The zero-order chi connectivity index (χ0) is 23.4. The highest BCUT2D eigenvalue weighted by Crippen LogP contribution is 2.40. The summed E-state index contributed by atoms with van der Waals surface area (Å²) in [4.78, 5) is 20.9. The molecule has 0 bridgehead atoms. The summed E-state index contributed by atoms with van der Waals surface area (Å²) < 4.78 is 5.47. The van der Waals surface area contributed by atoms with Crippen LogP contribution in [-0.4, -0.2) is 15.9 Å². The number of hydrogen-bond acceptors (Lipinski definition) is 4. The summed E-state index contributed by atoms with van der Waals surface area (Å²) in [6.45, 7) is 8.93. The van der Waals surface area contributed by atoms with Gasteiger partial charge in [-0.15, -0.1) is 0 Å². The first-order chi connectivity index (χ1) is 15.8. The van der Waals surface area contributed by atoms with Gasteiger partial charge in [0, 0.05) is 18.0 Å².